The van der Waals surface area contributed by atoms with Crippen LogP contribution < -0.4 is 0 Å². The summed E-state index contributed by atoms with van der Waals surface area (Å²) in [5, 5.41) is 11.9. The minimum Gasteiger partial charge on any atom is -0.258 e. The summed E-state index contributed by atoms with van der Waals surface area (Å²) in [6.07, 6.45) is 2.29. The van der Waals surface area contributed by atoms with Crippen molar-refractivity contribution >= 4 is 24.7 Å². The van der Waals surface area contributed by atoms with Crippen LogP contribution >= 0.6 is 0 Å². The summed E-state index contributed by atoms with van der Waals surface area (Å²) in [6, 6.07) is 6.96. The van der Waals surface area contributed by atoms with Crippen molar-refractivity contribution in [2.75, 3.05) is 11.6 Å². The van der Waals surface area contributed by atoms with Crippen LogP contribution in [0.25, 0.3) is 0 Å². The Labute approximate surface area is 107 Å². The molecule has 17 heavy (non-hydrogen) atoms. The SMILES string of the molecule is C[S+](Cc1ccc([N+](=O)[O-])cc1)C[Si](C)(C)C. The van der Waals surface area contributed by atoms with Gasteiger partial charge in [0.25, 0.3) is 5.69 Å². The standard InChI is InChI=1S/C12H20NO2SSi/c1-16(10-17(2,3)4)9-11-5-7-12(8-6-11)13(14)15/h5-8H,9-10H2,1-4H3/q+1. The van der Waals surface area contributed by atoms with Crippen molar-refractivity contribution in [2.45, 2.75) is 25.4 Å². The molecule has 0 radical (unpaired) electrons. The van der Waals surface area contributed by atoms with E-state index in [0.29, 0.717) is 10.9 Å². The van der Waals surface area contributed by atoms with E-state index in [-0.39, 0.29) is 10.6 Å². The van der Waals surface area contributed by atoms with E-state index in [1.54, 1.807) is 12.1 Å². The fourth-order valence-corrected chi connectivity index (χ4v) is 8.87. The second kappa shape index (κ2) is 5.69. The monoisotopic (exact) mass is 270 g/mol. The molecule has 0 spiro atoms. The molecule has 1 unspecified atom stereocenters. The number of benzene rings is 1. The van der Waals surface area contributed by atoms with E-state index in [4.69, 9.17) is 0 Å². The Morgan fingerprint density at radius 3 is 2.18 bits per heavy atom. The average Bonchev–Trinajstić information content (AvgIpc) is 2.15. The van der Waals surface area contributed by atoms with Gasteiger partial charge >= 0.3 is 0 Å². The lowest BCUT2D eigenvalue weighted by Gasteiger charge is -2.14. The van der Waals surface area contributed by atoms with Gasteiger partial charge in [-0.1, -0.05) is 19.6 Å². The highest BCUT2D eigenvalue weighted by Gasteiger charge is 2.24. The van der Waals surface area contributed by atoms with Gasteiger partial charge in [-0.2, -0.15) is 0 Å². The Balaban J connectivity index is 2.60. The smallest absolute Gasteiger partial charge is 0.258 e. The Hall–Kier alpha value is -0.813. The molecule has 1 aromatic rings. The van der Waals surface area contributed by atoms with Gasteiger partial charge in [0.15, 0.2) is 0 Å². The maximum Gasteiger partial charge on any atom is 0.269 e. The number of hydrogen-bond donors (Lipinski definition) is 0. The molecule has 0 aliphatic carbocycles. The van der Waals surface area contributed by atoms with Gasteiger partial charge in [0, 0.05) is 17.7 Å². The summed E-state index contributed by atoms with van der Waals surface area (Å²) in [5.74, 6) is 1.04. The second-order valence-corrected chi connectivity index (χ2v) is 13.7. The van der Waals surface area contributed by atoms with Crippen molar-refractivity contribution in [2.24, 2.45) is 0 Å². The number of nitro benzene ring substituents is 1. The summed E-state index contributed by atoms with van der Waals surface area (Å²) in [6.45, 7) is 7.14. The Kier molecular flexibility index (Phi) is 4.77. The van der Waals surface area contributed by atoms with Gasteiger partial charge in [-0.3, -0.25) is 10.1 Å². The first-order valence-electron chi connectivity index (χ1n) is 5.60. The number of nitro groups is 1. The third-order valence-electron chi connectivity index (χ3n) is 2.24. The van der Waals surface area contributed by atoms with E-state index in [0.717, 1.165) is 5.75 Å². The molecule has 0 amide bonds. The van der Waals surface area contributed by atoms with E-state index in [2.05, 4.69) is 25.9 Å². The van der Waals surface area contributed by atoms with Gasteiger partial charge in [-0.15, -0.1) is 0 Å². The maximum absolute atomic E-state index is 10.5. The molecule has 0 heterocycles. The minimum absolute atomic E-state index is 0.176. The number of rotatable bonds is 5. The molecule has 0 aliphatic heterocycles. The minimum atomic E-state index is -0.999. The van der Waals surface area contributed by atoms with E-state index >= 15 is 0 Å². The summed E-state index contributed by atoms with van der Waals surface area (Å²) < 4.78 is 0. The van der Waals surface area contributed by atoms with Gasteiger partial charge in [0.1, 0.15) is 13.8 Å². The van der Waals surface area contributed by atoms with Crippen molar-refractivity contribution in [1.29, 1.82) is 0 Å². The first-order valence-corrected chi connectivity index (χ1v) is 11.3. The molecule has 94 valence electrons. The molecule has 1 rings (SSSR count). The van der Waals surface area contributed by atoms with Crippen molar-refractivity contribution in [3.8, 4) is 0 Å². The topological polar surface area (TPSA) is 43.1 Å². The Morgan fingerprint density at radius 1 is 1.24 bits per heavy atom. The number of non-ortho nitro benzene ring substituents is 1. The van der Waals surface area contributed by atoms with Crippen LogP contribution in [0.3, 0.4) is 0 Å². The molecule has 1 atom stereocenters. The number of hydrogen-bond acceptors (Lipinski definition) is 2. The molecule has 0 fully saturated rings. The summed E-state index contributed by atoms with van der Waals surface area (Å²) >= 11 is 0. The number of nitrogens with zero attached hydrogens (tertiary/aromatic N) is 1. The van der Waals surface area contributed by atoms with Crippen LogP contribution in [0.15, 0.2) is 24.3 Å². The lowest BCUT2D eigenvalue weighted by molar-refractivity contribution is -0.384. The third-order valence-corrected chi connectivity index (χ3v) is 8.50. The molecule has 0 N–H and O–H groups in total. The van der Waals surface area contributed by atoms with Crippen LogP contribution in [-0.2, 0) is 16.6 Å². The van der Waals surface area contributed by atoms with Crippen molar-refractivity contribution in [3.05, 3.63) is 39.9 Å². The molecule has 5 heteroatoms. The van der Waals surface area contributed by atoms with E-state index in [9.17, 15) is 10.1 Å². The van der Waals surface area contributed by atoms with Crippen molar-refractivity contribution < 1.29 is 4.92 Å². The van der Waals surface area contributed by atoms with Gasteiger partial charge in [0.2, 0.25) is 0 Å². The lowest BCUT2D eigenvalue weighted by atomic mass is 10.2. The Morgan fingerprint density at radius 2 is 1.76 bits per heavy atom. The predicted molar refractivity (Wildman–Crippen MR) is 78.3 cm³/mol. The van der Waals surface area contributed by atoms with Gasteiger partial charge in [-0.05, 0) is 23.0 Å². The van der Waals surface area contributed by atoms with Gasteiger partial charge in [-0.25, -0.2) is 0 Å². The molecule has 0 saturated heterocycles. The van der Waals surface area contributed by atoms with Gasteiger partial charge < -0.3 is 0 Å². The first kappa shape index (κ1) is 14.2. The largest absolute Gasteiger partial charge is 0.269 e. The first-order chi connectivity index (χ1) is 7.78. The molecular weight excluding hydrogens is 250 g/mol. The average molecular weight is 270 g/mol. The summed E-state index contributed by atoms with van der Waals surface area (Å²) in [4.78, 5) is 10.2. The van der Waals surface area contributed by atoms with E-state index < -0.39 is 8.07 Å². The quantitative estimate of drug-likeness (QED) is 0.357. The van der Waals surface area contributed by atoms with Gasteiger partial charge in [0.05, 0.1) is 16.6 Å². The molecule has 0 bridgehead atoms. The van der Waals surface area contributed by atoms with Crippen LogP contribution in [0.2, 0.25) is 19.6 Å². The predicted octanol–water partition coefficient (Wildman–Crippen LogP) is 3.22. The molecule has 0 saturated carbocycles. The molecule has 0 aliphatic rings. The van der Waals surface area contributed by atoms with Crippen LogP contribution in [-0.4, -0.2) is 24.6 Å². The van der Waals surface area contributed by atoms with Crippen LogP contribution in [0, 0.1) is 10.1 Å². The Bertz CT molecular complexity index is 386. The van der Waals surface area contributed by atoms with Crippen LogP contribution in [0.4, 0.5) is 5.69 Å². The van der Waals surface area contributed by atoms with Crippen molar-refractivity contribution in [1.82, 2.24) is 0 Å². The van der Waals surface area contributed by atoms with E-state index in [1.165, 1.54) is 10.9 Å². The summed E-state index contributed by atoms with van der Waals surface area (Å²) in [5.41, 5.74) is 1.38. The maximum atomic E-state index is 10.5. The molecule has 3 nitrogen and oxygen atoms in total. The highest BCUT2D eigenvalue weighted by molar-refractivity contribution is 7.97. The highest BCUT2D eigenvalue weighted by Crippen LogP contribution is 2.16. The second-order valence-electron chi connectivity index (χ2n) is 5.55. The zero-order valence-electron chi connectivity index (χ0n) is 10.9. The molecule has 1 aromatic carbocycles. The van der Waals surface area contributed by atoms with Crippen LogP contribution in [0.5, 0.6) is 0 Å². The lowest BCUT2D eigenvalue weighted by Crippen LogP contribution is -2.32. The fourth-order valence-electron chi connectivity index (χ4n) is 1.79. The summed E-state index contributed by atoms with van der Waals surface area (Å²) in [7, 11) is -0.615. The fraction of sp³-hybridized carbons (Fsp3) is 0.500. The van der Waals surface area contributed by atoms with E-state index in [1.807, 2.05) is 12.1 Å². The zero-order valence-corrected chi connectivity index (χ0v) is 12.7. The molecular formula is C12H20NO2SSi+. The molecule has 0 aromatic heterocycles. The zero-order chi connectivity index (χ0) is 13.1. The third kappa shape index (κ3) is 5.36. The van der Waals surface area contributed by atoms with Crippen LogP contribution in [0.1, 0.15) is 5.56 Å². The normalized spacial score (nSPS) is 13.4. The highest BCUT2D eigenvalue weighted by atomic mass is 32.2. The van der Waals surface area contributed by atoms with Crippen molar-refractivity contribution in [3.63, 3.8) is 0 Å².